The summed E-state index contributed by atoms with van der Waals surface area (Å²) >= 11 is 1.91. The molecule has 0 aliphatic carbocycles. The average Bonchev–Trinajstić information content (AvgIpc) is 2.34. The second-order valence-corrected chi connectivity index (χ2v) is 5.10. The lowest BCUT2D eigenvalue weighted by molar-refractivity contribution is 0.101. The van der Waals surface area contributed by atoms with Crippen molar-refractivity contribution in [3.8, 4) is 0 Å². The molecule has 0 amide bonds. The van der Waals surface area contributed by atoms with E-state index >= 15 is 0 Å². The van der Waals surface area contributed by atoms with Crippen molar-refractivity contribution < 1.29 is 4.79 Å². The van der Waals surface area contributed by atoms with Crippen molar-refractivity contribution in [2.75, 3.05) is 23.9 Å². The number of benzene rings is 1. The molecule has 1 aromatic rings. The molecule has 0 fully saturated rings. The molecule has 0 aliphatic heterocycles. The maximum Gasteiger partial charge on any atom is 0.159 e. The zero-order chi connectivity index (χ0) is 12.5. The lowest BCUT2D eigenvalue weighted by atomic mass is 10.1. The molecule has 0 heterocycles. The molecule has 0 saturated heterocycles. The third-order valence-corrected chi connectivity index (χ3v) is 3.34. The van der Waals surface area contributed by atoms with Gasteiger partial charge in [0.05, 0.1) is 0 Å². The van der Waals surface area contributed by atoms with Crippen LogP contribution in [0.4, 0.5) is 5.69 Å². The van der Waals surface area contributed by atoms with Gasteiger partial charge in [0.25, 0.3) is 0 Å². The molecule has 0 unspecified atom stereocenters. The van der Waals surface area contributed by atoms with Crippen molar-refractivity contribution in [2.24, 2.45) is 0 Å². The van der Waals surface area contributed by atoms with E-state index in [1.54, 1.807) is 6.92 Å². The minimum atomic E-state index is 0.119. The second kappa shape index (κ2) is 8.18. The van der Waals surface area contributed by atoms with Gasteiger partial charge < -0.3 is 5.32 Å². The highest BCUT2D eigenvalue weighted by Crippen LogP contribution is 2.10. The topological polar surface area (TPSA) is 29.1 Å². The van der Waals surface area contributed by atoms with Gasteiger partial charge in [0.1, 0.15) is 0 Å². The summed E-state index contributed by atoms with van der Waals surface area (Å²) in [6.07, 6.45) is 5.93. The molecule has 0 bridgehead atoms. The number of hydrogen-bond acceptors (Lipinski definition) is 3. The van der Waals surface area contributed by atoms with Crippen molar-refractivity contribution in [2.45, 2.75) is 26.2 Å². The van der Waals surface area contributed by atoms with Gasteiger partial charge in [0, 0.05) is 17.8 Å². The third-order valence-electron chi connectivity index (χ3n) is 2.65. The summed E-state index contributed by atoms with van der Waals surface area (Å²) in [6.45, 7) is 2.60. The van der Waals surface area contributed by atoms with Crippen molar-refractivity contribution >= 4 is 23.2 Å². The van der Waals surface area contributed by atoms with Gasteiger partial charge in [-0.05, 0) is 56.0 Å². The van der Waals surface area contributed by atoms with Crippen molar-refractivity contribution in [3.05, 3.63) is 29.8 Å². The molecule has 0 saturated carbocycles. The van der Waals surface area contributed by atoms with Crippen LogP contribution in [0.1, 0.15) is 36.5 Å². The second-order valence-electron chi connectivity index (χ2n) is 4.11. The number of anilines is 1. The molecule has 0 spiro atoms. The van der Waals surface area contributed by atoms with Crippen LogP contribution in [0.25, 0.3) is 0 Å². The van der Waals surface area contributed by atoms with Gasteiger partial charge in [0.15, 0.2) is 5.78 Å². The summed E-state index contributed by atoms with van der Waals surface area (Å²) in [6, 6.07) is 7.69. The Labute approximate surface area is 108 Å². The van der Waals surface area contributed by atoms with E-state index < -0.39 is 0 Å². The predicted octanol–water partition coefficient (Wildman–Crippen LogP) is 3.83. The van der Waals surface area contributed by atoms with Crippen LogP contribution in [0.2, 0.25) is 0 Å². The Kier molecular flexibility index (Phi) is 6.78. The van der Waals surface area contributed by atoms with Crippen molar-refractivity contribution in [1.29, 1.82) is 0 Å². The number of carbonyl (C=O) groups is 1. The molecule has 0 aromatic heterocycles. The summed E-state index contributed by atoms with van der Waals surface area (Å²) < 4.78 is 0. The molecule has 1 aromatic carbocycles. The molecule has 0 aliphatic rings. The van der Waals surface area contributed by atoms with E-state index in [9.17, 15) is 4.79 Å². The van der Waals surface area contributed by atoms with Crippen LogP contribution >= 0.6 is 11.8 Å². The monoisotopic (exact) mass is 251 g/mol. The van der Waals surface area contributed by atoms with Crippen LogP contribution in [0.5, 0.6) is 0 Å². The molecular formula is C14H21NOS. The summed E-state index contributed by atoms with van der Waals surface area (Å²) in [5.74, 6) is 1.38. The van der Waals surface area contributed by atoms with Crippen LogP contribution in [0.15, 0.2) is 24.3 Å². The maximum absolute atomic E-state index is 11.1. The van der Waals surface area contributed by atoms with Crippen molar-refractivity contribution in [1.82, 2.24) is 0 Å². The Hall–Kier alpha value is -0.960. The molecule has 3 heteroatoms. The Morgan fingerprint density at radius 1 is 1.18 bits per heavy atom. The third kappa shape index (κ3) is 5.78. The fraction of sp³-hybridized carbons (Fsp3) is 0.500. The first-order valence-electron chi connectivity index (χ1n) is 6.08. The first kappa shape index (κ1) is 14.1. The number of carbonyl (C=O) groups excluding carboxylic acids is 1. The Morgan fingerprint density at radius 2 is 1.88 bits per heavy atom. The van der Waals surface area contributed by atoms with Gasteiger partial charge in [-0.2, -0.15) is 11.8 Å². The SMILES string of the molecule is CSCCCCCNc1ccc(C(C)=O)cc1. The fourth-order valence-electron chi connectivity index (χ4n) is 1.60. The van der Waals surface area contributed by atoms with Crippen LogP contribution in [0, 0.1) is 0 Å². The number of rotatable bonds is 8. The Balaban J connectivity index is 2.21. The van der Waals surface area contributed by atoms with Gasteiger partial charge in [-0.1, -0.05) is 6.42 Å². The molecule has 0 radical (unpaired) electrons. The summed E-state index contributed by atoms with van der Waals surface area (Å²) in [5, 5.41) is 3.37. The highest BCUT2D eigenvalue weighted by atomic mass is 32.2. The van der Waals surface area contributed by atoms with E-state index in [0.717, 1.165) is 17.8 Å². The van der Waals surface area contributed by atoms with E-state index in [1.807, 2.05) is 36.0 Å². The highest BCUT2D eigenvalue weighted by Gasteiger charge is 1.98. The lowest BCUT2D eigenvalue weighted by Gasteiger charge is -2.06. The van der Waals surface area contributed by atoms with Gasteiger partial charge in [-0.3, -0.25) is 4.79 Å². The number of thioether (sulfide) groups is 1. The average molecular weight is 251 g/mol. The summed E-state index contributed by atoms with van der Waals surface area (Å²) in [4.78, 5) is 11.1. The molecule has 0 atom stereocenters. The van der Waals surface area contributed by atoms with E-state index in [4.69, 9.17) is 0 Å². The maximum atomic E-state index is 11.1. The first-order chi connectivity index (χ1) is 8.24. The standard InChI is InChI=1S/C14H21NOS/c1-12(16)13-6-8-14(9-7-13)15-10-4-3-5-11-17-2/h6-9,15H,3-5,10-11H2,1-2H3. The minimum absolute atomic E-state index is 0.119. The smallest absolute Gasteiger partial charge is 0.159 e. The van der Waals surface area contributed by atoms with Crippen molar-refractivity contribution in [3.63, 3.8) is 0 Å². The summed E-state index contributed by atoms with van der Waals surface area (Å²) in [5.41, 5.74) is 1.87. The van der Waals surface area contributed by atoms with Gasteiger partial charge in [-0.25, -0.2) is 0 Å². The van der Waals surface area contributed by atoms with Gasteiger partial charge in [0.2, 0.25) is 0 Å². The van der Waals surface area contributed by atoms with E-state index in [1.165, 1.54) is 25.0 Å². The van der Waals surface area contributed by atoms with E-state index in [-0.39, 0.29) is 5.78 Å². The molecule has 94 valence electrons. The first-order valence-corrected chi connectivity index (χ1v) is 7.47. The van der Waals surface area contributed by atoms with E-state index in [2.05, 4.69) is 11.6 Å². The number of hydrogen-bond donors (Lipinski definition) is 1. The fourth-order valence-corrected chi connectivity index (χ4v) is 2.10. The number of ketones is 1. The number of Topliss-reactive ketones (excluding diaryl/α,β-unsaturated/α-hetero) is 1. The predicted molar refractivity (Wildman–Crippen MR) is 77.2 cm³/mol. The van der Waals surface area contributed by atoms with Crippen LogP contribution in [0.3, 0.4) is 0 Å². The molecule has 17 heavy (non-hydrogen) atoms. The molecular weight excluding hydrogens is 230 g/mol. The summed E-state index contributed by atoms with van der Waals surface area (Å²) in [7, 11) is 0. The lowest BCUT2D eigenvalue weighted by Crippen LogP contribution is -2.02. The zero-order valence-corrected chi connectivity index (χ0v) is 11.5. The largest absolute Gasteiger partial charge is 0.385 e. The Bertz CT molecular complexity index is 335. The number of nitrogens with one attached hydrogen (secondary N) is 1. The quantitative estimate of drug-likeness (QED) is 0.562. The van der Waals surface area contributed by atoms with E-state index in [0.29, 0.717) is 0 Å². The molecule has 1 rings (SSSR count). The Morgan fingerprint density at radius 3 is 2.47 bits per heavy atom. The zero-order valence-electron chi connectivity index (χ0n) is 10.7. The number of unbranched alkanes of at least 4 members (excludes halogenated alkanes) is 2. The normalized spacial score (nSPS) is 10.2. The molecule has 2 nitrogen and oxygen atoms in total. The van der Waals surface area contributed by atoms with Crippen LogP contribution in [-0.4, -0.2) is 24.3 Å². The minimum Gasteiger partial charge on any atom is -0.385 e. The van der Waals surface area contributed by atoms with Crippen LogP contribution in [-0.2, 0) is 0 Å². The molecule has 1 N–H and O–H groups in total. The van der Waals surface area contributed by atoms with Gasteiger partial charge >= 0.3 is 0 Å². The highest BCUT2D eigenvalue weighted by molar-refractivity contribution is 7.98. The van der Waals surface area contributed by atoms with Crippen LogP contribution < -0.4 is 5.32 Å². The van der Waals surface area contributed by atoms with Gasteiger partial charge in [-0.15, -0.1) is 0 Å².